The number of aliphatic hydroxyl groups is 1. The van der Waals surface area contributed by atoms with Gasteiger partial charge in [-0.25, -0.2) is 8.42 Å². The molecule has 1 heterocycles. The molecule has 0 saturated heterocycles. The molecule has 0 fully saturated rings. The van der Waals surface area contributed by atoms with Gasteiger partial charge >= 0.3 is 0 Å². The first kappa shape index (κ1) is 16.1. The fourth-order valence-corrected chi connectivity index (χ4v) is 2.13. The van der Waals surface area contributed by atoms with Gasteiger partial charge in [-0.2, -0.15) is 5.10 Å². The molecule has 0 amide bonds. The lowest BCUT2D eigenvalue weighted by molar-refractivity contribution is 0.153. The summed E-state index contributed by atoms with van der Waals surface area (Å²) in [6.45, 7) is 6.13. The Labute approximate surface area is 114 Å². The molecule has 1 rings (SSSR count). The van der Waals surface area contributed by atoms with Crippen LogP contribution < -0.4 is 5.32 Å². The monoisotopic (exact) mass is 289 g/mol. The Morgan fingerprint density at radius 3 is 2.63 bits per heavy atom. The molecule has 0 aliphatic heterocycles. The van der Waals surface area contributed by atoms with Crippen LogP contribution in [0.2, 0.25) is 0 Å². The van der Waals surface area contributed by atoms with Crippen LogP contribution in [0.5, 0.6) is 0 Å². The maximum atomic E-state index is 11.3. The lowest BCUT2D eigenvalue weighted by Crippen LogP contribution is -2.30. The summed E-state index contributed by atoms with van der Waals surface area (Å²) in [4.78, 5) is 0.208. The van der Waals surface area contributed by atoms with E-state index in [-0.39, 0.29) is 4.90 Å². The molecule has 2 N–H and O–H groups in total. The molecule has 1 aromatic rings. The van der Waals surface area contributed by atoms with E-state index in [2.05, 4.69) is 24.3 Å². The highest BCUT2D eigenvalue weighted by Gasteiger charge is 2.11. The molecule has 110 valence electrons. The van der Waals surface area contributed by atoms with Crippen LogP contribution >= 0.6 is 0 Å². The van der Waals surface area contributed by atoms with Crippen molar-refractivity contribution in [2.45, 2.75) is 37.8 Å². The molecule has 0 spiro atoms. The molecule has 6 nitrogen and oxygen atoms in total. The van der Waals surface area contributed by atoms with Gasteiger partial charge in [0.2, 0.25) is 0 Å². The van der Waals surface area contributed by atoms with Crippen LogP contribution in [0.15, 0.2) is 17.3 Å². The van der Waals surface area contributed by atoms with E-state index in [1.54, 1.807) is 4.68 Å². The molecule has 0 saturated carbocycles. The highest BCUT2D eigenvalue weighted by atomic mass is 32.2. The molecule has 7 heteroatoms. The Hall–Kier alpha value is -0.920. The van der Waals surface area contributed by atoms with Crippen LogP contribution in [0.3, 0.4) is 0 Å². The minimum atomic E-state index is -3.20. The van der Waals surface area contributed by atoms with Crippen LogP contribution in [-0.4, -0.2) is 48.8 Å². The molecular weight excluding hydrogens is 266 g/mol. The van der Waals surface area contributed by atoms with Gasteiger partial charge < -0.3 is 10.4 Å². The Balaban J connectivity index is 2.34. The lowest BCUT2D eigenvalue weighted by Gasteiger charge is -2.13. The fraction of sp³-hybridized carbons (Fsp3) is 0.750. The predicted molar refractivity (Wildman–Crippen MR) is 73.7 cm³/mol. The molecule has 1 atom stereocenters. The second-order valence-electron chi connectivity index (χ2n) is 5.21. The van der Waals surface area contributed by atoms with E-state index in [1.807, 2.05) is 0 Å². The van der Waals surface area contributed by atoms with Crippen LogP contribution in [0.25, 0.3) is 0 Å². The fourth-order valence-electron chi connectivity index (χ4n) is 1.58. The summed E-state index contributed by atoms with van der Waals surface area (Å²) < 4.78 is 24.1. The zero-order chi connectivity index (χ0) is 14.5. The molecule has 0 bridgehead atoms. The van der Waals surface area contributed by atoms with Crippen molar-refractivity contribution in [3.05, 3.63) is 12.4 Å². The van der Waals surface area contributed by atoms with Crippen LogP contribution in [0.1, 0.15) is 20.3 Å². The van der Waals surface area contributed by atoms with E-state index in [0.717, 1.165) is 12.8 Å². The molecule has 1 aromatic heterocycles. The number of nitrogens with zero attached hydrogens (tertiary/aromatic N) is 2. The first-order valence-electron chi connectivity index (χ1n) is 6.40. The molecule has 0 aromatic carbocycles. The molecule has 0 aliphatic carbocycles. The summed E-state index contributed by atoms with van der Waals surface area (Å²) in [7, 11) is -3.20. The van der Waals surface area contributed by atoms with Crippen molar-refractivity contribution in [3.63, 3.8) is 0 Å². The molecule has 0 radical (unpaired) electrons. The number of sulfone groups is 1. The van der Waals surface area contributed by atoms with Crippen molar-refractivity contribution in [3.8, 4) is 0 Å². The summed E-state index contributed by atoms with van der Waals surface area (Å²) in [6, 6.07) is 0. The van der Waals surface area contributed by atoms with Gasteiger partial charge in [0.25, 0.3) is 0 Å². The average molecular weight is 289 g/mol. The Morgan fingerprint density at radius 2 is 2.11 bits per heavy atom. The summed E-state index contributed by atoms with van der Waals surface area (Å²) in [6.07, 6.45) is 4.06. The van der Waals surface area contributed by atoms with Crippen LogP contribution in [-0.2, 0) is 16.4 Å². The average Bonchev–Trinajstić information content (AvgIpc) is 2.74. The quantitative estimate of drug-likeness (QED) is 0.718. The van der Waals surface area contributed by atoms with Crippen molar-refractivity contribution in [2.24, 2.45) is 5.92 Å². The van der Waals surface area contributed by atoms with Crippen molar-refractivity contribution >= 4 is 9.84 Å². The number of aryl methyl sites for hydroxylation is 1. The van der Waals surface area contributed by atoms with E-state index in [0.29, 0.717) is 25.4 Å². The highest BCUT2D eigenvalue weighted by Crippen LogP contribution is 2.07. The van der Waals surface area contributed by atoms with Crippen molar-refractivity contribution < 1.29 is 13.5 Å². The number of nitrogens with one attached hydrogen (secondary N) is 1. The SMILES string of the molecule is CC(C)CNCC(O)CCn1cc(S(C)(=O)=O)cn1. The second-order valence-corrected chi connectivity index (χ2v) is 7.22. The normalized spacial score (nSPS) is 13.9. The van der Waals surface area contributed by atoms with E-state index in [4.69, 9.17) is 0 Å². The van der Waals surface area contributed by atoms with Crippen molar-refractivity contribution in [1.29, 1.82) is 0 Å². The second kappa shape index (κ2) is 7.02. The van der Waals surface area contributed by atoms with Gasteiger partial charge in [0.05, 0.1) is 12.3 Å². The first-order chi connectivity index (χ1) is 8.79. The molecular formula is C12H23N3O3S. The van der Waals surface area contributed by atoms with Gasteiger partial charge in [-0.3, -0.25) is 4.68 Å². The minimum Gasteiger partial charge on any atom is -0.392 e. The van der Waals surface area contributed by atoms with E-state index >= 15 is 0 Å². The van der Waals surface area contributed by atoms with Gasteiger partial charge in [-0.1, -0.05) is 13.8 Å². The van der Waals surface area contributed by atoms with Gasteiger partial charge in [0.1, 0.15) is 4.90 Å². The minimum absolute atomic E-state index is 0.208. The number of aromatic nitrogens is 2. The Kier molecular flexibility index (Phi) is 5.96. The summed E-state index contributed by atoms with van der Waals surface area (Å²) in [5, 5.41) is 16.9. The highest BCUT2D eigenvalue weighted by molar-refractivity contribution is 7.90. The van der Waals surface area contributed by atoms with Crippen LogP contribution in [0.4, 0.5) is 0 Å². The standard InChI is InChI=1S/C12H23N3O3S/c1-10(2)6-13-7-11(16)4-5-15-9-12(8-14-15)19(3,17)18/h8-11,13,16H,4-7H2,1-3H3. The van der Waals surface area contributed by atoms with E-state index in [1.165, 1.54) is 12.4 Å². The first-order valence-corrected chi connectivity index (χ1v) is 8.29. The largest absolute Gasteiger partial charge is 0.392 e. The Bertz CT molecular complexity index is 482. The van der Waals surface area contributed by atoms with Crippen molar-refractivity contribution in [1.82, 2.24) is 15.1 Å². The topological polar surface area (TPSA) is 84.2 Å². The third-order valence-electron chi connectivity index (χ3n) is 2.66. The van der Waals surface area contributed by atoms with E-state index < -0.39 is 15.9 Å². The van der Waals surface area contributed by atoms with Crippen LogP contribution in [0, 0.1) is 5.92 Å². The van der Waals surface area contributed by atoms with Gasteiger partial charge in [0, 0.05) is 25.5 Å². The summed E-state index contributed by atoms with van der Waals surface area (Å²) in [5.41, 5.74) is 0. The Morgan fingerprint density at radius 1 is 1.42 bits per heavy atom. The predicted octanol–water partition coefficient (Wildman–Crippen LogP) is 0.283. The molecule has 0 aliphatic rings. The third-order valence-corrected chi connectivity index (χ3v) is 3.73. The number of hydrogen-bond donors (Lipinski definition) is 2. The number of aliphatic hydroxyl groups excluding tert-OH is 1. The summed E-state index contributed by atoms with van der Waals surface area (Å²) >= 11 is 0. The lowest BCUT2D eigenvalue weighted by atomic mass is 10.2. The maximum absolute atomic E-state index is 11.3. The van der Waals surface area contributed by atoms with Gasteiger partial charge in [-0.05, 0) is 18.9 Å². The number of rotatable bonds is 8. The third kappa shape index (κ3) is 6.17. The van der Waals surface area contributed by atoms with Gasteiger partial charge in [-0.15, -0.1) is 0 Å². The molecule has 1 unspecified atom stereocenters. The van der Waals surface area contributed by atoms with E-state index in [9.17, 15) is 13.5 Å². The maximum Gasteiger partial charge on any atom is 0.178 e. The smallest absolute Gasteiger partial charge is 0.178 e. The van der Waals surface area contributed by atoms with Gasteiger partial charge in [0.15, 0.2) is 9.84 Å². The van der Waals surface area contributed by atoms with Crippen molar-refractivity contribution in [2.75, 3.05) is 19.3 Å². The number of hydrogen-bond acceptors (Lipinski definition) is 5. The summed E-state index contributed by atoms with van der Waals surface area (Å²) in [5.74, 6) is 0.552. The zero-order valence-electron chi connectivity index (χ0n) is 11.7. The molecule has 19 heavy (non-hydrogen) atoms. The zero-order valence-corrected chi connectivity index (χ0v) is 12.5.